The molecule has 2 aromatic rings. The maximum atomic E-state index is 12.4. The second kappa shape index (κ2) is 9.98. The fraction of sp³-hybridized carbons (Fsp3) is 0.286. The van der Waals surface area contributed by atoms with Gasteiger partial charge >= 0.3 is 6.03 Å². The van der Waals surface area contributed by atoms with E-state index in [0.717, 1.165) is 5.69 Å². The van der Waals surface area contributed by atoms with Crippen LogP contribution in [0.1, 0.15) is 6.92 Å². The molecule has 3 N–H and O–H groups in total. The number of anilines is 3. The van der Waals surface area contributed by atoms with Gasteiger partial charge in [0.05, 0.1) is 6.54 Å². The second-order valence-electron chi connectivity index (χ2n) is 6.92. The van der Waals surface area contributed by atoms with Crippen LogP contribution in [-0.4, -0.2) is 55.5 Å². The van der Waals surface area contributed by atoms with E-state index in [9.17, 15) is 14.4 Å². The predicted molar refractivity (Wildman–Crippen MR) is 118 cm³/mol. The van der Waals surface area contributed by atoms with E-state index in [0.29, 0.717) is 42.6 Å². The third-order valence-electron chi connectivity index (χ3n) is 4.63. The summed E-state index contributed by atoms with van der Waals surface area (Å²) in [5, 5.41) is 8.70. The smallest absolute Gasteiger partial charge is 0.317 e. The van der Waals surface area contributed by atoms with E-state index in [2.05, 4.69) is 20.9 Å². The van der Waals surface area contributed by atoms with Crippen molar-refractivity contribution in [2.75, 3.05) is 48.3 Å². The molecule has 0 spiro atoms. The van der Waals surface area contributed by atoms with Gasteiger partial charge in [0, 0.05) is 55.2 Å². The third kappa shape index (κ3) is 6.12. The van der Waals surface area contributed by atoms with Crippen LogP contribution in [0.2, 0.25) is 5.02 Å². The predicted octanol–water partition coefficient (Wildman–Crippen LogP) is 2.77. The van der Waals surface area contributed by atoms with E-state index < -0.39 is 0 Å². The highest BCUT2D eigenvalue weighted by molar-refractivity contribution is 6.30. The lowest BCUT2D eigenvalue weighted by Crippen LogP contribution is -2.52. The van der Waals surface area contributed by atoms with Crippen molar-refractivity contribution in [3.63, 3.8) is 0 Å². The Morgan fingerprint density at radius 1 is 0.933 bits per heavy atom. The van der Waals surface area contributed by atoms with Crippen LogP contribution >= 0.6 is 11.6 Å². The molecule has 0 bridgehead atoms. The van der Waals surface area contributed by atoms with Crippen molar-refractivity contribution in [2.24, 2.45) is 0 Å². The van der Waals surface area contributed by atoms with Crippen LogP contribution in [-0.2, 0) is 9.59 Å². The lowest BCUT2D eigenvalue weighted by atomic mass is 10.2. The van der Waals surface area contributed by atoms with Gasteiger partial charge in [0.15, 0.2) is 0 Å². The second-order valence-corrected chi connectivity index (χ2v) is 7.36. The molecule has 1 saturated heterocycles. The molecular weight excluding hydrogens is 406 g/mol. The summed E-state index contributed by atoms with van der Waals surface area (Å²) in [5.74, 6) is -0.490. The minimum absolute atomic E-state index is 0.124. The minimum atomic E-state index is -0.326. The van der Waals surface area contributed by atoms with E-state index in [1.165, 1.54) is 6.92 Å². The molecule has 3 rings (SSSR count). The molecule has 9 heteroatoms. The number of amides is 4. The summed E-state index contributed by atoms with van der Waals surface area (Å²) >= 11 is 6.04. The fourth-order valence-electron chi connectivity index (χ4n) is 3.15. The van der Waals surface area contributed by atoms with Crippen molar-refractivity contribution in [1.29, 1.82) is 0 Å². The number of piperazine rings is 1. The van der Waals surface area contributed by atoms with Gasteiger partial charge in [-0.05, 0) is 42.5 Å². The van der Waals surface area contributed by atoms with Gasteiger partial charge in [-0.1, -0.05) is 17.7 Å². The van der Waals surface area contributed by atoms with Gasteiger partial charge in [0.25, 0.3) is 0 Å². The highest BCUT2D eigenvalue weighted by Crippen LogP contribution is 2.20. The van der Waals surface area contributed by atoms with Crippen LogP contribution in [0.4, 0.5) is 21.9 Å². The molecule has 1 fully saturated rings. The molecule has 158 valence electrons. The van der Waals surface area contributed by atoms with Gasteiger partial charge < -0.3 is 25.8 Å². The summed E-state index contributed by atoms with van der Waals surface area (Å²) in [6, 6.07) is 14.1. The standard InChI is InChI=1S/C21H24ClN5O3/c1-15(28)24-17-5-7-18(8-6-17)25-20(29)14-23-21(30)27-11-9-26(10-12-27)19-4-2-3-16(22)13-19/h2-8,13H,9-12,14H2,1H3,(H,23,30)(H,24,28)(H,25,29). The molecule has 0 saturated carbocycles. The highest BCUT2D eigenvalue weighted by Gasteiger charge is 2.21. The number of carbonyl (C=O) groups is 3. The van der Waals surface area contributed by atoms with Gasteiger partial charge in [-0.2, -0.15) is 0 Å². The van der Waals surface area contributed by atoms with Crippen LogP contribution in [0.3, 0.4) is 0 Å². The summed E-state index contributed by atoms with van der Waals surface area (Å²) in [7, 11) is 0. The van der Waals surface area contributed by atoms with Crippen LogP contribution in [0.5, 0.6) is 0 Å². The Morgan fingerprint density at radius 3 is 2.17 bits per heavy atom. The number of nitrogens with one attached hydrogen (secondary N) is 3. The number of benzene rings is 2. The number of hydrogen-bond donors (Lipinski definition) is 3. The Kier molecular flexibility index (Phi) is 7.13. The third-order valence-corrected chi connectivity index (χ3v) is 4.86. The molecule has 1 aliphatic rings. The van der Waals surface area contributed by atoms with Crippen molar-refractivity contribution in [3.8, 4) is 0 Å². The van der Waals surface area contributed by atoms with E-state index in [1.807, 2.05) is 24.3 Å². The van der Waals surface area contributed by atoms with Crippen LogP contribution in [0.15, 0.2) is 48.5 Å². The molecule has 2 aromatic carbocycles. The summed E-state index contributed by atoms with van der Waals surface area (Å²) in [6.07, 6.45) is 0. The first-order valence-electron chi connectivity index (χ1n) is 9.61. The molecule has 4 amide bonds. The van der Waals surface area contributed by atoms with E-state index in [-0.39, 0.29) is 24.4 Å². The Labute approximate surface area is 180 Å². The fourth-order valence-corrected chi connectivity index (χ4v) is 3.34. The van der Waals surface area contributed by atoms with Gasteiger partial charge in [-0.15, -0.1) is 0 Å². The molecule has 0 atom stereocenters. The molecule has 0 unspecified atom stereocenters. The molecule has 8 nitrogen and oxygen atoms in total. The van der Waals surface area contributed by atoms with Crippen molar-refractivity contribution in [1.82, 2.24) is 10.2 Å². The normalized spacial score (nSPS) is 13.5. The number of halogens is 1. The quantitative estimate of drug-likeness (QED) is 0.681. The lowest BCUT2D eigenvalue weighted by Gasteiger charge is -2.36. The Balaban J connectivity index is 1.41. The largest absolute Gasteiger partial charge is 0.368 e. The van der Waals surface area contributed by atoms with E-state index in [4.69, 9.17) is 11.6 Å². The number of hydrogen-bond acceptors (Lipinski definition) is 4. The zero-order chi connectivity index (χ0) is 21.5. The monoisotopic (exact) mass is 429 g/mol. The van der Waals surface area contributed by atoms with Crippen molar-refractivity contribution >= 4 is 46.5 Å². The van der Waals surface area contributed by atoms with Crippen molar-refractivity contribution in [3.05, 3.63) is 53.6 Å². The number of carbonyl (C=O) groups excluding carboxylic acids is 3. The summed E-state index contributed by atoms with van der Waals surface area (Å²) in [6.45, 7) is 3.81. The van der Waals surface area contributed by atoms with Crippen LogP contribution < -0.4 is 20.9 Å². The Morgan fingerprint density at radius 2 is 1.57 bits per heavy atom. The van der Waals surface area contributed by atoms with Crippen molar-refractivity contribution in [2.45, 2.75) is 6.92 Å². The van der Waals surface area contributed by atoms with E-state index in [1.54, 1.807) is 29.2 Å². The summed E-state index contributed by atoms with van der Waals surface area (Å²) < 4.78 is 0. The van der Waals surface area contributed by atoms with Gasteiger partial charge in [-0.3, -0.25) is 9.59 Å². The van der Waals surface area contributed by atoms with Gasteiger partial charge in [-0.25, -0.2) is 4.79 Å². The Hall–Kier alpha value is -3.26. The molecular formula is C21H24ClN5O3. The zero-order valence-electron chi connectivity index (χ0n) is 16.7. The maximum Gasteiger partial charge on any atom is 0.317 e. The summed E-state index contributed by atoms with van der Waals surface area (Å²) in [4.78, 5) is 39.3. The van der Waals surface area contributed by atoms with Gasteiger partial charge in [0.2, 0.25) is 11.8 Å². The number of nitrogens with zero attached hydrogens (tertiary/aromatic N) is 2. The average molecular weight is 430 g/mol. The molecule has 1 aliphatic heterocycles. The van der Waals surface area contributed by atoms with Gasteiger partial charge in [0.1, 0.15) is 0 Å². The first-order chi connectivity index (χ1) is 14.4. The van der Waals surface area contributed by atoms with E-state index >= 15 is 0 Å². The molecule has 0 aromatic heterocycles. The van der Waals surface area contributed by atoms with Crippen LogP contribution in [0, 0.1) is 0 Å². The minimum Gasteiger partial charge on any atom is -0.368 e. The first kappa shape index (κ1) is 21.4. The maximum absolute atomic E-state index is 12.4. The topological polar surface area (TPSA) is 93.8 Å². The van der Waals surface area contributed by atoms with Crippen molar-refractivity contribution < 1.29 is 14.4 Å². The molecule has 0 radical (unpaired) electrons. The number of rotatable bonds is 5. The SMILES string of the molecule is CC(=O)Nc1ccc(NC(=O)CNC(=O)N2CCN(c3cccc(Cl)c3)CC2)cc1. The average Bonchev–Trinajstić information content (AvgIpc) is 2.73. The number of urea groups is 1. The summed E-state index contributed by atoms with van der Waals surface area (Å²) in [5.41, 5.74) is 2.26. The first-order valence-corrected chi connectivity index (χ1v) is 9.99. The van der Waals surface area contributed by atoms with Crippen LogP contribution in [0.25, 0.3) is 0 Å². The highest BCUT2D eigenvalue weighted by atomic mass is 35.5. The molecule has 0 aliphatic carbocycles. The Bertz CT molecular complexity index is 911. The molecule has 1 heterocycles. The zero-order valence-corrected chi connectivity index (χ0v) is 17.4. The lowest BCUT2D eigenvalue weighted by molar-refractivity contribution is -0.115. The molecule has 30 heavy (non-hydrogen) atoms.